The van der Waals surface area contributed by atoms with E-state index in [1.807, 2.05) is 0 Å². The topological polar surface area (TPSA) is 67.6 Å². The van der Waals surface area contributed by atoms with Crippen molar-refractivity contribution in [3.05, 3.63) is 18.2 Å². The van der Waals surface area contributed by atoms with E-state index in [2.05, 4.69) is 17.1 Å². The van der Waals surface area contributed by atoms with Gasteiger partial charge < -0.3 is 20.7 Å². The van der Waals surface area contributed by atoms with Crippen molar-refractivity contribution in [2.75, 3.05) is 31.2 Å². The fourth-order valence-corrected chi connectivity index (χ4v) is 2.96. The zero-order valence-electron chi connectivity index (χ0n) is 13.6. The second kappa shape index (κ2) is 8.03. The first-order chi connectivity index (χ1) is 10.6. The van der Waals surface area contributed by atoms with Gasteiger partial charge in [0.1, 0.15) is 5.75 Å². The van der Waals surface area contributed by atoms with E-state index in [0.717, 1.165) is 19.5 Å². The van der Waals surface area contributed by atoms with Crippen LogP contribution in [-0.4, -0.2) is 37.0 Å². The Hall–Kier alpha value is -1.75. The molecule has 2 rings (SSSR count). The number of nitrogens with one attached hydrogen (secondary N) is 1. The van der Waals surface area contributed by atoms with Crippen LogP contribution in [0.15, 0.2) is 18.2 Å². The van der Waals surface area contributed by atoms with Gasteiger partial charge in [0.05, 0.1) is 12.8 Å². The number of piperidine rings is 1. The molecular formula is C17H27N3O2. The molecular weight excluding hydrogens is 278 g/mol. The highest BCUT2D eigenvalue weighted by atomic mass is 16.5. The predicted molar refractivity (Wildman–Crippen MR) is 90.2 cm³/mol. The second-order valence-corrected chi connectivity index (χ2v) is 5.99. The lowest BCUT2D eigenvalue weighted by Crippen LogP contribution is -2.38. The molecule has 3 N–H and O–H groups in total. The molecule has 0 spiro atoms. The molecule has 0 aromatic heterocycles. The molecule has 1 aromatic rings. The van der Waals surface area contributed by atoms with Crippen molar-refractivity contribution in [2.45, 2.75) is 45.1 Å². The summed E-state index contributed by atoms with van der Waals surface area (Å²) in [5.41, 5.74) is 7.00. The Kier molecular flexibility index (Phi) is 6.07. The Morgan fingerprint density at radius 3 is 3.00 bits per heavy atom. The third kappa shape index (κ3) is 4.63. The smallest absolute Gasteiger partial charge is 0.224 e. The van der Waals surface area contributed by atoms with Gasteiger partial charge in [0.2, 0.25) is 5.91 Å². The normalized spacial score (nSPS) is 18.9. The summed E-state index contributed by atoms with van der Waals surface area (Å²) in [5, 5.41) is 2.90. The van der Waals surface area contributed by atoms with E-state index in [-0.39, 0.29) is 5.91 Å². The summed E-state index contributed by atoms with van der Waals surface area (Å²) in [4.78, 5) is 14.6. The van der Waals surface area contributed by atoms with Crippen LogP contribution in [0, 0.1) is 0 Å². The Balaban J connectivity index is 1.78. The van der Waals surface area contributed by atoms with Gasteiger partial charge in [-0.1, -0.05) is 6.42 Å². The van der Waals surface area contributed by atoms with Crippen LogP contribution in [0.5, 0.6) is 5.75 Å². The summed E-state index contributed by atoms with van der Waals surface area (Å²) >= 11 is 0. The number of anilines is 2. The van der Waals surface area contributed by atoms with E-state index < -0.39 is 0 Å². The number of nitrogens with two attached hydrogens (primary N) is 1. The van der Waals surface area contributed by atoms with Gasteiger partial charge >= 0.3 is 0 Å². The lowest BCUT2D eigenvalue weighted by atomic mass is 10.0. The SMILES string of the molecule is COc1cc(N)ccc1NC(=O)CCCN1CCCCC1C. The number of methoxy groups -OCH3 is 1. The van der Waals surface area contributed by atoms with E-state index in [1.165, 1.54) is 19.3 Å². The summed E-state index contributed by atoms with van der Waals surface area (Å²) < 4.78 is 5.24. The molecule has 5 nitrogen and oxygen atoms in total. The van der Waals surface area contributed by atoms with Gasteiger partial charge in [-0.25, -0.2) is 0 Å². The van der Waals surface area contributed by atoms with Crippen molar-refractivity contribution in [3.8, 4) is 5.75 Å². The Labute approximate surface area is 132 Å². The number of hydrogen-bond donors (Lipinski definition) is 2. The maximum absolute atomic E-state index is 12.1. The van der Waals surface area contributed by atoms with Crippen LogP contribution in [-0.2, 0) is 4.79 Å². The monoisotopic (exact) mass is 305 g/mol. The molecule has 0 bridgehead atoms. The molecule has 1 heterocycles. The van der Waals surface area contributed by atoms with Crippen molar-refractivity contribution in [1.82, 2.24) is 4.90 Å². The number of benzene rings is 1. The van der Waals surface area contributed by atoms with Crippen LogP contribution in [0.2, 0.25) is 0 Å². The molecule has 1 fully saturated rings. The lowest BCUT2D eigenvalue weighted by molar-refractivity contribution is -0.116. The molecule has 0 aliphatic carbocycles. The van der Waals surface area contributed by atoms with E-state index >= 15 is 0 Å². The number of nitrogen functional groups attached to an aromatic ring is 1. The van der Waals surface area contributed by atoms with Crippen molar-refractivity contribution in [2.24, 2.45) is 0 Å². The molecule has 122 valence electrons. The highest BCUT2D eigenvalue weighted by Crippen LogP contribution is 2.26. The van der Waals surface area contributed by atoms with Crippen LogP contribution in [0.3, 0.4) is 0 Å². The second-order valence-electron chi connectivity index (χ2n) is 5.99. The number of ether oxygens (including phenoxy) is 1. The number of hydrogen-bond acceptors (Lipinski definition) is 4. The minimum Gasteiger partial charge on any atom is -0.494 e. The molecule has 1 saturated heterocycles. The molecule has 0 saturated carbocycles. The van der Waals surface area contributed by atoms with Crippen molar-refractivity contribution >= 4 is 17.3 Å². The molecule has 5 heteroatoms. The molecule has 1 unspecified atom stereocenters. The first kappa shape index (κ1) is 16.6. The van der Waals surface area contributed by atoms with Crippen molar-refractivity contribution < 1.29 is 9.53 Å². The van der Waals surface area contributed by atoms with Crippen molar-refractivity contribution in [3.63, 3.8) is 0 Å². The standard InChI is InChI=1S/C17H27N3O2/c1-13-6-3-4-10-20(13)11-5-7-17(21)19-15-9-8-14(18)12-16(15)22-2/h8-9,12-13H,3-7,10-11,18H2,1-2H3,(H,19,21). The van der Waals surface area contributed by atoms with E-state index in [9.17, 15) is 4.79 Å². The minimum atomic E-state index is 0.0210. The van der Waals surface area contributed by atoms with Gasteiger partial charge in [0.15, 0.2) is 0 Å². The third-order valence-corrected chi connectivity index (χ3v) is 4.29. The average Bonchev–Trinajstić information content (AvgIpc) is 2.51. The highest BCUT2D eigenvalue weighted by Gasteiger charge is 2.17. The highest BCUT2D eigenvalue weighted by molar-refractivity contribution is 5.92. The van der Waals surface area contributed by atoms with Crippen LogP contribution in [0.1, 0.15) is 39.0 Å². The van der Waals surface area contributed by atoms with Gasteiger partial charge in [-0.05, 0) is 51.4 Å². The van der Waals surface area contributed by atoms with Crippen LogP contribution >= 0.6 is 0 Å². The summed E-state index contributed by atoms with van der Waals surface area (Å²) in [6.07, 6.45) is 5.29. The number of nitrogens with zero attached hydrogens (tertiary/aromatic N) is 1. The number of carbonyl (C=O) groups is 1. The van der Waals surface area contributed by atoms with E-state index in [4.69, 9.17) is 10.5 Å². The predicted octanol–water partition coefficient (Wildman–Crippen LogP) is 2.87. The average molecular weight is 305 g/mol. The minimum absolute atomic E-state index is 0.0210. The zero-order valence-corrected chi connectivity index (χ0v) is 13.6. The summed E-state index contributed by atoms with van der Waals surface area (Å²) in [6.45, 7) is 4.43. The van der Waals surface area contributed by atoms with Crippen LogP contribution in [0.25, 0.3) is 0 Å². The van der Waals surface area contributed by atoms with Gasteiger partial charge in [-0.2, -0.15) is 0 Å². The van der Waals surface area contributed by atoms with Crippen molar-refractivity contribution in [1.29, 1.82) is 0 Å². The maximum Gasteiger partial charge on any atom is 0.224 e. The molecule has 22 heavy (non-hydrogen) atoms. The Morgan fingerprint density at radius 2 is 2.27 bits per heavy atom. The first-order valence-electron chi connectivity index (χ1n) is 8.07. The van der Waals surface area contributed by atoms with Gasteiger partial charge in [0.25, 0.3) is 0 Å². The number of carbonyl (C=O) groups excluding carboxylic acids is 1. The molecule has 1 atom stereocenters. The molecule has 1 aliphatic rings. The number of amides is 1. The molecule has 1 aliphatic heterocycles. The molecule has 1 amide bonds. The maximum atomic E-state index is 12.1. The van der Waals surface area contributed by atoms with Gasteiger partial charge in [0, 0.05) is 24.2 Å². The number of rotatable bonds is 6. The summed E-state index contributed by atoms with van der Waals surface area (Å²) in [5.74, 6) is 0.616. The van der Waals surface area contributed by atoms with E-state index in [1.54, 1.807) is 25.3 Å². The van der Waals surface area contributed by atoms with E-state index in [0.29, 0.717) is 29.6 Å². The van der Waals surface area contributed by atoms with Crippen LogP contribution < -0.4 is 15.8 Å². The Morgan fingerprint density at radius 1 is 1.45 bits per heavy atom. The quantitative estimate of drug-likeness (QED) is 0.793. The zero-order chi connectivity index (χ0) is 15.9. The first-order valence-corrected chi connectivity index (χ1v) is 8.07. The largest absolute Gasteiger partial charge is 0.494 e. The summed E-state index contributed by atoms with van der Waals surface area (Å²) in [7, 11) is 1.57. The lowest BCUT2D eigenvalue weighted by Gasteiger charge is -2.33. The van der Waals surface area contributed by atoms with Gasteiger partial charge in [-0.3, -0.25) is 4.79 Å². The summed E-state index contributed by atoms with van der Waals surface area (Å²) in [6, 6.07) is 5.89. The van der Waals surface area contributed by atoms with Crippen LogP contribution in [0.4, 0.5) is 11.4 Å². The third-order valence-electron chi connectivity index (χ3n) is 4.29. The molecule has 0 radical (unpaired) electrons. The fourth-order valence-electron chi connectivity index (χ4n) is 2.96. The fraction of sp³-hybridized carbons (Fsp3) is 0.588. The Bertz CT molecular complexity index is 505. The number of likely N-dealkylation sites (tertiary alicyclic amines) is 1. The van der Waals surface area contributed by atoms with Gasteiger partial charge in [-0.15, -0.1) is 0 Å². The molecule has 1 aromatic carbocycles.